The van der Waals surface area contributed by atoms with Crippen LogP contribution in [0.1, 0.15) is 26.7 Å². The van der Waals surface area contributed by atoms with E-state index in [9.17, 15) is 0 Å². The summed E-state index contributed by atoms with van der Waals surface area (Å²) in [5.74, 6) is 0. The summed E-state index contributed by atoms with van der Waals surface area (Å²) >= 11 is 0. The number of hydrogen-bond donors (Lipinski definition) is 1. The van der Waals surface area contributed by atoms with Gasteiger partial charge in [0.25, 0.3) is 0 Å². The molecule has 2 rings (SSSR count). The molecule has 2 fully saturated rings. The Morgan fingerprint density at radius 2 is 2.25 bits per heavy atom. The van der Waals surface area contributed by atoms with Crippen LogP contribution in [0.2, 0.25) is 0 Å². The van der Waals surface area contributed by atoms with Crippen molar-refractivity contribution in [2.24, 2.45) is 5.41 Å². The van der Waals surface area contributed by atoms with Crippen molar-refractivity contribution in [2.45, 2.75) is 32.7 Å². The largest absolute Gasteiger partial charge is 0.316 e. The summed E-state index contributed by atoms with van der Waals surface area (Å²) in [5, 5.41) is 3.47. The van der Waals surface area contributed by atoms with Crippen LogP contribution in [-0.4, -0.2) is 37.1 Å². The molecule has 2 saturated heterocycles. The first-order valence-electron chi connectivity index (χ1n) is 5.20. The summed E-state index contributed by atoms with van der Waals surface area (Å²) in [6.45, 7) is 9.82. The summed E-state index contributed by atoms with van der Waals surface area (Å²) in [6, 6.07) is 0.802. The first kappa shape index (κ1) is 8.52. The molecule has 0 aliphatic carbocycles. The van der Waals surface area contributed by atoms with Crippen LogP contribution in [0.3, 0.4) is 0 Å². The zero-order chi connectivity index (χ0) is 8.60. The fourth-order valence-corrected chi connectivity index (χ4v) is 2.45. The minimum Gasteiger partial charge on any atom is -0.316 e. The molecule has 1 atom stereocenters. The van der Waals surface area contributed by atoms with Crippen LogP contribution >= 0.6 is 0 Å². The Labute approximate surface area is 75.3 Å². The lowest BCUT2D eigenvalue weighted by atomic mass is 9.78. The molecule has 1 N–H and O–H groups in total. The van der Waals surface area contributed by atoms with E-state index in [-0.39, 0.29) is 0 Å². The van der Waals surface area contributed by atoms with Gasteiger partial charge in [0.15, 0.2) is 0 Å². The Hall–Kier alpha value is -0.0800. The second-order valence-corrected chi connectivity index (χ2v) is 4.59. The van der Waals surface area contributed by atoms with Crippen molar-refractivity contribution in [1.29, 1.82) is 0 Å². The molecule has 2 aliphatic rings. The average molecular weight is 168 g/mol. The van der Waals surface area contributed by atoms with Gasteiger partial charge in [-0.1, -0.05) is 6.92 Å². The van der Waals surface area contributed by atoms with Crippen molar-refractivity contribution < 1.29 is 0 Å². The molecule has 0 saturated carbocycles. The molecule has 2 aliphatic heterocycles. The highest BCUT2D eigenvalue weighted by atomic mass is 15.2. The first-order chi connectivity index (χ1) is 5.76. The van der Waals surface area contributed by atoms with E-state index < -0.39 is 0 Å². The molecule has 12 heavy (non-hydrogen) atoms. The molecule has 2 heterocycles. The predicted octanol–water partition coefficient (Wildman–Crippen LogP) is 1.08. The van der Waals surface area contributed by atoms with Crippen molar-refractivity contribution in [1.82, 2.24) is 10.2 Å². The Morgan fingerprint density at radius 3 is 2.75 bits per heavy atom. The summed E-state index contributed by atoms with van der Waals surface area (Å²) in [4.78, 5) is 2.62. The third-order valence-electron chi connectivity index (χ3n) is 3.62. The second-order valence-electron chi connectivity index (χ2n) is 4.59. The number of nitrogens with zero attached hydrogens (tertiary/aromatic N) is 1. The van der Waals surface area contributed by atoms with E-state index in [1.807, 2.05) is 0 Å². The normalized spacial score (nSPS) is 30.5. The number of likely N-dealkylation sites (tertiary alicyclic amines) is 1. The second kappa shape index (κ2) is 3.00. The molecule has 2 nitrogen and oxygen atoms in total. The maximum absolute atomic E-state index is 3.47. The quantitative estimate of drug-likeness (QED) is 0.664. The van der Waals surface area contributed by atoms with Gasteiger partial charge in [-0.25, -0.2) is 0 Å². The summed E-state index contributed by atoms with van der Waals surface area (Å²) < 4.78 is 0. The predicted molar refractivity (Wildman–Crippen MR) is 51.2 cm³/mol. The fraction of sp³-hybridized carbons (Fsp3) is 1.00. The van der Waals surface area contributed by atoms with Crippen LogP contribution in [-0.2, 0) is 0 Å². The van der Waals surface area contributed by atoms with Gasteiger partial charge in [-0.05, 0) is 26.3 Å². The Balaban J connectivity index is 1.82. The van der Waals surface area contributed by atoms with Gasteiger partial charge < -0.3 is 5.32 Å². The minimum absolute atomic E-state index is 0.684. The van der Waals surface area contributed by atoms with Crippen molar-refractivity contribution >= 4 is 0 Å². The zero-order valence-electron chi connectivity index (χ0n) is 8.27. The van der Waals surface area contributed by atoms with Crippen LogP contribution in [0.4, 0.5) is 0 Å². The topological polar surface area (TPSA) is 15.3 Å². The van der Waals surface area contributed by atoms with Crippen molar-refractivity contribution in [3.63, 3.8) is 0 Å². The van der Waals surface area contributed by atoms with Gasteiger partial charge in [0.2, 0.25) is 0 Å². The summed E-state index contributed by atoms with van der Waals surface area (Å²) in [7, 11) is 0. The molecule has 0 bridgehead atoms. The third-order valence-corrected chi connectivity index (χ3v) is 3.62. The lowest BCUT2D eigenvalue weighted by Gasteiger charge is -2.50. The van der Waals surface area contributed by atoms with Gasteiger partial charge in [0.1, 0.15) is 0 Å². The van der Waals surface area contributed by atoms with Crippen molar-refractivity contribution in [3.8, 4) is 0 Å². The standard InChI is InChI=1S/C10H20N2/c1-3-9(2)12-7-10(8-12)4-5-11-6-10/h9,11H,3-8H2,1-2H3. The van der Waals surface area contributed by atoms with Crippen LogP contribution in [0, 0.1) is 5.41 Å². The van der Waals surface area contributed by atoms with E-state index in [2.05, 4.69) is 24.1 Å². The van der Waals surface area contributed by atoms with Gasteiger partial charge in [0.05, 0.1) is 0 Å². The molecule has 70 valence electrons. The molecule has 0 radical (unpaired) electrons. The van der Waals surface area contributed by atoms with Gasteiger partial charge >= 0.3 is 0 Å². The van der Waals surface area contributed by atoms with Crippen LogP contribution in [0.25, 0.3) is 0 Å². The van der Waals surface area contributed by atoms with Crippen LogP contribution in [0.15, 0.2) is 0 Å². The smallest absolute Gasteiger partial charge is 0.00945 e. The van der Waals surface area contributed by atoms with Crippen molar-refractivity contribution in [3.05, 3.63) is 0 Å². The van der Waals surface area contributed by atoms with Crippen molar-refractivity contribution in [2.75, 3.05) is 26.2 Å². The monoisotopic (exact) mass is 168 g/mol. The Morgan fingerprint density at radius 1 is 1.50 bits per heavy atom. The van der Waals surface area contributed by atoms with E-state index in [1.165, 1.54) is 39.0 Å². The lowest BCUT2D eigenvalue weighted by molar-refractivity contribution is -0.0132. The van der Waals surface area contributed by atoms with Crippen LogP contribution < -0.4 is 5.32 Å². The van der Waals surface area contributed by atoms with E-state index in [0.29, 0.717) is 5.41 Å². The molecular formula is C10H20N2. The maximum Gasteiger partial charge on any atom is 0.00945 e. The minimum atomic E-state index is 0.684. The highest BCUT2D eigenvalue weighted by Crippen LogP contribution is 2.37. The van der Waals surface area contributed by atoms with E-state index >= 15 is 0 Å². The number of hydrogen-bond acceptors (Lipinski definition) is 2. The summed E-state index contributed by atoms with van der Waals surface area (Å²) in [6.07, 6.45) is 2.70. The molecular weight excluding hydrogens is 148 g/mol. The highest BCUT2D eigenvalue weighted by molar-refractivity contribution is 5.01. The van der Waals surface area contributed by atoms with E-state index in [1.54, 1.807) is 0 Å². The Kier molecular flexibility index (Phi) is 2.13. The number of rotatable bonds is 2. The average Bonchev–Trinajstić information content (AvgIpc) is 2.48. The molecule has 1 unspecified atom stereocenters. The fourth-order valence-electron chi connectivity index (χ4n) is 2.45. The number of nitrogens with one attached hydrogen (secondary N) is 1. The molecule has 2 heteroatoms. The van der Waals surface area contributed by atoms with E-state index in [4.69, 9.17) is 0 Å². The lowest BCUT2D eigenvalue weighted by Crippen LogP contribution is -2.59. The van der Waals surface area contributed by atoms with Gasteiger partial charge in [0, 0.05) is 31.1 Å². The molecule has 0 aromatic rings. The molecule has 0 aromatic carbocycles. The summed E-state index contributed by atoms with van der Waals surface area (Å²) in [5.41, 5.74) is 0.684. The highest BCUT2D eigenvalue weighted by Gasteiger charge is 2.45. The van der Waals surface area contributed by atoms with Gasteiger partial charge in [-0.15, -0.1) is 0 Å². The molecule has 0 amide bonds. The zero-order valence-corrected chi connectivity index (χ0v) is 8.27. The SMILES string of the molecule is CCC(C)N1CC2(CCNC2)C1. The Bertz CT molecular complexity index is 153. The third kappa shape index (κ3) is 1.27. The first-order valence-corrected chi connectivity index (χ1v) is 5.20. The van der Waals surface area contributed by atoms with Gasteiger partial charge in [-0.2, -0.15) is 0 Å². The maximum atomic E-state index is 3.47. The molecule has 0 aromatic heterocycles. The van der Waals surface area contributed by atoms with Crippen LogP contribution in [0.5, 0.6) is 0 Å². The molecule has 1 spiro atoms. The van der Waals surface area contributed by atoms with Gasteiger partial charge in [-0.3, -0.25) is 4.90 Å². The van der Waals surface area contributed by atoms with E-state index in [0.717, 1.165) is 6.04 Å².